The van der Waals surface area contributed by atoms with E-state index < -0.39 is 17.8 Å². The van der Waals surface area contributed by atoms with Gasteiger partial charge in [-0.2, -0.15) is 5.10 Å². The third kappa shape index (κ3) is 7.00. The lowest BCUT2D eigenvalue weighted by Crippen LogP contribution is -2.34. The van der Waals surface area contributed by atoms with Crippen molar-refractivity contribution in [2.45, 2.75) is 6.92 Å². The molecule has 7 nitrogen and oxygen atoms in total. The molecule has 9 heteroatoms. The molecule has 0 bridgehead atoms. The summed E-state index contributed by atoms with van der Waals surface area (Å²) in [6, 6.07) is 18.5. The highest BCUT2D eigenvalue weighted by Crippen LogP contribution is 2.23. The van der Waals surface area contributed by atoms with Crippen LogP contribution in [-0.2, 0) is 4.79 Å². The highest BCUT2D eigenvalue weighted by molar-refractivity contribution is 9.10. The Kier molecular flexibility index (Phi) is 8.34. The average Bonchev–Trinajstić information content (AvgIpc) is 2.79. The third-order valence-corrected chi connectivity index (χ3v) is 5.16. The number of nitrogens with one attached hydrogen (secondary N) is 2. The molecule has 33 heavy (non-hydrogen) atoms. The first-order chi connectivity index (χ1) is 15.8. The van der Waals surface area contributed by atoms with E-state index in [1.54, 1.807) is 48.5 Å². The fourth-order valence-electron chi connectivity index (χ4n) is 2.78. The number of amides is 2. The van der Waals surface area contributed by atoms with Gasteiger partial charge in [-0.3, -0.25) is 9.59 Å². The molecule has 0 aliphatic rings. The van der Waals surface area contributed by atoms with E-state index in [1.807, 2.05) is 19.1 Å². The van der Waals surface area contributed by atoms with Crippen LogP contribution in [0.1, 0.15) is 31.8 Å². The van der Waals surface area contributed by atoms with Gasteiger partial charge in [-0.1, -0.05) is 51.8 Å². The van der Waals surface area contributed by atoms with Gasteiger partial charge < -0.3 is 10.1 Å². The average molecular weight is 529 g/mol. The smallest absolute Gasteiger partial charge is 0.343 e. The van der Waals surface area contributed by atoms with Crippen LogP contribution < -0.4 is 15.5 Å². The van der Waals surface area contributed by atoms with Gasteiger partial charge in [0.25, 0.3) is 11.8 Å². The minimum atomic E-state index is -0.532. The highest BCUT2D eigenvalue weighted by Gasteiger charge is 2.13. The molecule has 0 saturated carbocycles. The van der Waals surface area contributed by atoms with Crippen molar-refractivity contribution in [2.75, 3.05) is 6.54 Å². The molecule has 2 N–H and O–H groups in total. The Labute approximate surface area is 203 Å². The van der Waals surface area contributed by atoms with Gasteiger partial charge >= 0.3 is 5.97 Å². The molecule has 0 aliphatic carbocycles. The van der Waals surface area contributed by atoms with Crippen molar-refractivity contribution in [3.8, 4) is 5.75 Å². The molecule has 0 unspecified atom stereocenters. The van der Waals surface area contributed by atoms with Crippen molar-refractivity contribution in [3.63, 3.8) is 0 Å². The second kappa shape index (κ2) is 11.4. The third-order valence-electron chi connectivity index (χ3n) is 4.43. The van der Waals surface area contributed by atoms with E-state index in [0.717, 1.165) is 10.0 Å². The molecule has 0 aliphatic heterocycles. The number of carbonyl (C=O) groups is 3. The lowest BCUT2D eigenvalue weighted by molar-refractivity contribution is -0.120. The fraction of sp³-hybridized carbons (Fsp3) is 0.0833. The minimum absolute atomic E-state index is 0.277. The maximum absolute atomic E-state index is 12.5. The van der Waals surface area contributed by atoms with Crippen LogP contribution in [-0.4, -0.2) is 30.5 Å². The molecule has 0 atom stereocenters. The molecule has 0 spiro atoms. The highest BCUT2D eigenvalue weighted by atomic mass is 79.9. The van der Waals surface area contributed by atoms with Gasteiger partial charge in [0.1, 0.15) is 5.75 Å². The molecule has 0 saturated heterocycles. The molecular weight excluding hydrogens is 510 g/mol. The van der Waals surface area contributed by atoms with Gasteiger partial charge in [-0.15, -0.1) is 0 Å². The van der Waals surface area contributed by atoms with Crippen LogP contribution in [0.4, 0.5) is 0 Å². The minimum Gasteiger partial charge on any atom is -0.422 e. The molecule has 0 radical (unpaired) electrons. The van der Waals surface area contributed by atoms with E-state index >= 15 is 0 Å². The fourth-order valence-corrected chi connectivity index (χ4v) is 3.34. The summed E-state index contributed by atoms with van der Waals surface area (Å²) in [6.45, 7) is 1.54. The molecule has 0 heterocycles. The topological polar surface area (TPSA) is 96.9 Å². The molecule has 3 aromatic rings. The van der Waals surface area contributed by atoms with Crippen molar-refractivity contribution < 1.29 is 19.1 Å². The molecule has 2 amide bonds. The predicted octanol–water partition coefficient (Wildman–Crippen LogP) is 4.51. The Morgan fingerprint density at radius 2 is 1.85 bits per heavy atom. The summed E-state index contributed by atoms with van der Waals surface area (Å²) in [5.74, 6) is -1.19. The summed E-state index contributed by atoms with van der Waals surface area (Å²) < 4.78 is 6.27. The maximum Gasteiger partial charge on any atom is 0.343 e. The Bertz CT molecular complexity index is 1230. The first kappa shape index (κ1) is 24.2. The van der Waals surface area contributed by atoms with E-state index in [4.69, 9.17) is 16.3 Å². The summed E-state index contributed by atoms with van der Waals surface area (Å²) in [5.41, 5.74) is 4.38. The Morgan fingerprint density at radius 1 is 1.06 bits per heavy atom. The molecule has 168 valence electrons. The van der Waals surface area contributed by atoms with E-state index in [2.05, 4.69) is 31.8 Å². The summed E-state index contributed by atoms with van der Waals surface area (Å²) in [6.07, 6.45) is 1.35. The van der Waals surface area contributed by atoms with Gasteiger partial charge in [-0.25, -0.2) is 10.2 Å². The molecule has 3 rings (SSSR count). The SMILES string of the molecule is Cc1ccccc1C(=O)Oc1ccc(Br)cc1/C=N/NC(=O)CNC(=O)c1cccc(Cl)c1. The van der Waals surface area contributed by atoms with Crippen LogP contribution in [0.5, 0.6) is 5.75 Å². The number of hydrogen-bond acceptors (Lipinski definition) is 5. The largest absolute Gasteiger partial charge is 0.422 e. The van der Waals surface area contributed by atoms with Crippen molar-refractivity contribution in [1.29, 1.82) is 0 Å². The predicted molar refractivity (Wildman–Crippen MR) is 130 cm³/mol. The number of ether oxygens (including phenoxy) is 1. The molecular formula is C24H19BrClN3O4. The Balaban J connectivity index is 1.60. The zero-order valence-electron chi connectivity index (χ0n) is 17.5. The van der Waals surface area contributed by atoms with Crippen LogP contribution >= 0.6 is 27.5 Å². The van der Waals surface area contributed by atoms with Gasteiger partial charge in [0.2, 0.25) is 0 Å². The van der Waals surface area contributed by atoms with Crippen molar-refractivity contribution in [2.24, 2.45) is 5.10 Å². The summed E-state index contributed by atoms with van der Waals surface area (Å²) in [5, 5.41) is 6.80. The number of halogens is 2. The van der Waals surface area contributed by atoms with Gasteiger partial charge in [0, 0.05) is 20.6 Å². The van der Waals surface area contributed by atoms with Crippen molar-refractivity contribution >= 4 is 51.5 Å². The number of nitrogens with zero attached hydrogens (tertiary/aromatic N) is 1. The normalized spacial score (nSPS) is 10.6. The standard InChI is InChI=1S/C24H19BrClN3O4/c1-15-5-2-3-8-20(15)24(32)33-21-10-9-18(25)11-17(21)13-28-29-22(30)14-27-23(31)16-6-4-7-19(26)12-16/h2-13H,14H2,1H3,(H,27,31)(H,29,30)/b28-13+. The Morgan fingerprint density at radius 3 is 2.61 bits per heavy atom. The van der Waals surface area contributed by atoms with E-state index in [9.17, 15) is 14.4 Å². The Hall–Kier alpha value is -3.49. The van der Waals surface area contributed by atoms with E-state index in [1.165, 1.54) is 12.3 Å². The van der Waals surface area contributed by atoms with Crippen LogP contribution in [0.15, 0.2) is 76.3 Å². The van der Waals surface area contributed by atoms with E-state index in [0.29, 0.717) is 21.7 Å². The number of rotatable bonds is 7. The zero-order valence-corrected chi connectivity index (χ0v) is 19.8. The lowest BCUT2D eigenvalue weighted by Gasteiger charge is -2.09. The second-order valence-corrected chi connectivity index (χ2v) is 8.22. The van der Waals surface area contributed by atoms with Crippen LogP contribution in [0.3, 0.4) is 0 Å². The van der Waals surface area contributed by atoms with Crippen molar-refractivity contribution in [3.05, 3.63) is 98.5 Å². The number of hydrogen-bond donors (Lipinski definition) is 2. The van der Waals surface area contributed by atoms with Gasteiger partial charge in [0.15, 0.2) is 0 Å². The first-order valence-corrected chi connectivity index (χ1v) is 10.9. The zero-order chi connectivity index (χ0) is 23.8. The number of hydrazone groups is 1. The van der Waals surface area contributed by atoms with Crippen molar-refractivity contribution in [1.82, 2.24) is 10.7 Å². The van der Waals surface area contributed by atoms with Crippen LogP contribution in [0.2, 0.25) is 5.02 Å². The summed E-state index contributed by atoms with van der Waals surface area (Å²) >= 11 is 9.22. The van der Waals surface area contributed by atoms with Gasteiger partial charge in [0.05, 0.1) is 18.3 Å². The maximum atomic E-state index is 12.5. The van der Waals surface area contributed by atoms with E-state index in [-0.39, 0.29) is 12.3 Å². The molecule has 0 aromatic heterocycles. The molecule has 0 fully saturated rings. The number of benzene rings is 3. The second-order valence-electron chi connectivity index (χ2n) is 6.87. The quantitative estimate of drug-likeness (QED) is 0.204. The van der Waals surface area contributed by atoms with Crippen LogP contribution in [0, 0.1) is 6.92 Å². The number of aryl methyl sites for hydroxylation is 1. The number of carbonyl (C=O) groups excluding carboxylic acids is 3. The summed E-state index contributed by atoms with van der Waals surface area (Å²) in [4.78, 5) is 36.7. The van der Waals surface area contributed by atoms with Gasteiger partial charge in [-0.05, 0) is 55.0 Å². The lowest BCUT2D eigenvalue weighted by atomic mass is 10.1. The summed E-state index contributed by atoms with van der Waals surface area (Å²) in [7, 11) is 0. The monoisotopic (exact) mass is 527 g/mol. The van der Waals surface area contributed by atoms with Crippen LogP contribution in [0.25, 0.3) is 0 Å². The molecule has 3 aromatic carbocycles. The first-order valence-electron chi connectivity index (χ1n) is 9.76. The number of esters is 1.